The van der Waals surface area contributed by atoms with Crippen LogP contribution in [-0.2, 0) is 13.1 Å². The Morgan fingerprint density at radius 2 is 2.50 bits per heavy atom. The fourth-order valence-corrected chi connectivity index (χ4v) is 0.989. The van der Waals surface area contributed by atoms with Crippen molar-refractivity contribution in [2.45, 2.75) is 20.0 Å². The quantitative estimate of drug-likeness (QED) is 0.665. The zero-order valence-corrected chi connectivity index (χ0v) is 7.27. The third kappa shape index (κ3) is 2.32. The van der Waals surface area contributed by atoms with E-state index in [1.807, 2.05) is 17.8 Å². The van der Waals surface area contributed by atoms with Crippen molar-refractivity contribution in [1.82, 2.24) is 9.78 Å². The molecule has 0 fully saturated rings. The first kappa shape index (κ1) is 9.22. The lowest BCUT2D eigenvalue weighted by molar-refractivity contribution is 0.219. The van der Waals surface area contributed by atoms with Crippen molar-refractivity contribution in [3.63, 3.8) is 0 Å². The summed E-state index contributed by atoms with van der Waals surface area (Å²) in [5, 5.41) is 12.9. The van der Waals surface area contributed by atoms with Crippen LogP contribution in [0.1, 0.15) is 12.5 Å². The molecule has 0 amide bonds. The topological polar surface area (TPSA) is 64.1 Å². The van der Waals surface area contributed by atoms with Crippen molar-refractivity contribution in [2.24, 2.45) is 11.7 Å². The Kier molecular flexibility index (Phi) is 3.25. The van der Waals surface area contributed by atoms with E-state index in [1.54, 1.807) is 6.20 Å². The molecule has 1 unspecified atom stereocenters. The molecule has 68 valence electrons. The molecule has 0 aliphatic carbocycles. The molecule has 0 aromatic carbocycles. The third-order valence-electron chi connectivity index (χ3n) is 1.73. The van der Waals surface area contributed by atoms with Gasteiger partial charge in [0, 0.05) is 31.5 Å². The van der Waals surface area contributed by atoms with E-state index in [0.29, 0.717) is 6.54 Å². The molecule has 1 atom stereocenters. The molecule has 1 aromatic rings. The lowest BCUT2D eigenvalue weighted by Crippen LogP contribution is -2.11. The first-order valence-corrected chi connectivity index (χ1v) is 4.08. The van der Waals surface area contributed by atoms with E-state index in [1.165, 1.54) is 0 Å². The van der Waals surface area contributed by atoms with E-state index in [9.17, 15) is 0 Å². The average molecular weight is 169 g/mol. The molecule has 4 nitrogen and oxygen atoms in total. The van der Waals surface area contributed by atoms with E-state index in [0.717, 1.165) is 12.1 Å². The van der Waals surface area contributed by atoms with Crippen LogP contribution in [-0.4, -0.2) is 21.5 Å². The molecule has 0 saturated heterocycles. The summed E-state index contributed by atoms with van der Waals surface area (Å²) in [6.45, 7) is 3.44. The van der Waals surface area contributed by atoms with Gasteiger partial charge in [-0.1, -0.05) is 6.92 Å². The van der Waals surface area contributed by atoms with Crippen LogP contribution in [0.3, 0.4) is 0 Å². The van der Waals surface area contributed by atoms with Crippen LogP contribution in [0.2, 0.25) is 0 Å². The number of aliphatic hydroxyl groups excluding tert-OH is 1. The summed E-state index contributed by atoms with van der Waals surface area (Å²) in [7, 11) is 0. The summed E-state index contributed by atoms with van der Waals surface area (Å²) < 4.78 is 1.81. The summed E-state index contributed by atoms with van der Waals surface area (Å²) in [5.74, 6) is 0.246. The number of nitrogens with zero attached hydrogens (tertiary/aromatic N) is 2. The molecule has 1 rings (SSSR count). The second kappa shape index (κ2) is 4.23. The van der Waals surface area contributed by atoms with Gasteiger partial charge < -0.3 is 10.8 Å². The summed E-state index contributed by atoms with van der Waals surface area (Å²) in [6.07, 6.45) is 3.66. The number of hydrogen-bond acceptors (Lipinski definition) is 3. The van der Waals surface area contributed by atoms with Crippen LogP contribution < -0.4 is 5.73 Å². The molecule has 0 aliphatic heterocycles. The van der Waals surface area contributed by atoms with Crippen molar-refractivity contribution in [3.8, 4) is 0 Å². The zero-order chi connectivity index (χ0) is 8.97. The van der Waals surface area contributed by atoms with E-state index >= 15 is 0 Å². The maximum Gasteiger partial charge on any atom is 0.0534 e. The second-order valence-corrected chi connectivity index (χ2v) is 3.06. The lowest BCUT2D eigenvalue weighted by atomic mass is 10.2. The van der Waals surface area contributed by atoms with Crippen LogP contribution >= 0.6 is 0 Å². The molecule has 3 N–H and O–H groups in total. The second-order valence-electron chi connectivity index (χ2n) is 3.06. The minimum atomic E-state index is 0.192. The van der Waals surface area contributed by atoms with Crippen LogP contribution in [0.4, 0.5) is 0 Å². The van der Waals surface area contributed by atoms with Crippen LogP contribution in [0.25, 0.3) is 0 Å². The highest BCUT2D eigenvalue weighted by Crippen LogP contribution is 2.00. The molecule has 4 heteroatoms. The summed E-state index contributed by atoms with van der Waals surface area (Å²) >= 11 is 0. The Morgan fingerprint density at radius 3 is 3.00 bits per heavy atom. The molecule has 0 saturated carbocycles. The fraction of sp³-hybridized carbons (Fsp3) is 0.625. The van der Waals surface area contributed by atoms with Gasteiger partial charge in [0.15, 0.2) is 0 Å². The Bertz CT molecular complexity index is 234. The maximum atomic E-state index is 8.79. The Morgan fingerprint density at radius 1 is 1.75 bits per heavy atom. The fourth-order valence-electron chi connectivity index (χ4n) is 0.989. The van der Waals surface area contributed by atoms with Gasteiger partial charge >= 0.3 is 0 Å². The van der Waals surface area contributed by atoms with Gasteiger partial charge in [-0.25, -0.2) is 0 Å². The van der Waals surface area contributed by atoms with Gasteiger partial charge in [0.1, 0.15) is 0 Å². The molecule has 12 heavy (non-hydrogen) atoms. The predicted molar refractivity (Wildman–Crippen MR) is 46.4 cm³/mol. The number of rotatable bonds is 4. The predicted octanol–water partition coefficient (Wildman–Crippen LogP) is -0.0298. The molecule has 0 radical (unpaired) electrons. The standard InChI is InChI=1S/C8H15N3O/c1-7(6-12)4-11-5-8(2-9)3-10-11/h3,5,7,12H,2,4,6,9H2,1H3. The van der Waals surface area contributed by atoms with Gasteiger partial charge in [-0.2, -0.15) is 5.10 Å². The van der Waals surface area contributed by atoms with Gasteiger partial charge in [0.2, 0.25) is 0 Å². The molecule has 0 aliphatic rings. The molecule has 1 aromatic heterocycles. The maximum absolute atomic E-state index is 8.79. The monoisotopic (exact) mass is 169 g/mol. The van der Waals surface area contributed by atoms with Gasteiger partial charge in [-0.05, 0) is 5.92 Å². The van der Waals surface area contributed by atoms with Gasteiger partial charge in [0.25, 0.3) is 0 Å². The molecular weight excluding hydrogens is 154 g/mol. The molecule has 0 spiro atoms. The van der Waals surface area contributed by atoms with Crippen LogP contribution in [0.5, 0.6) is 0 Å². The van der Waals surface area contributed by atoms with E-state index in [2.05, 4.69) is 5.10 Å². The van der Waals surface area contributed by atoms with Crippen molar-refractivity contribution in [1.29, 1.82) is 0 Å². The Labute approximate surface area is 72.0 Å². The SMILES string of the molecule is CC(CO)Cn1cc(CN)cn1. The first-order valence-electron chi connectivity index (χ1n) is 4.08. The zero-order valence-electron chi connectivity index (χ0n) is 7.27. The molecule has 1 heterocycles. The minimum Gasteiger partial charge on any atom is -0.396 e. The minimum absolute atomic E-state index is 0.192. The van der Waals surface area contributed by atoms with Crippen molar-refractivity contribution < 1.29 is 5.11 Å². The number of aliphatic hydroxyl groups is 1. The van der Waals surface area contributed by atoms with Gasteiger partial charge in [0.05, 0.1) is 6.20 Å². The molecule has 0 bridgehead atoms. The van der Waals surface area contributed by atoms with Gasteiger partial charge in [-0.15, -0.1) is 0 Å². The van der Waals surface area contributed by atoms with E-state index in [-0.39, 0.29) is 12.5 Å². The Hall–Kier alpha value is -0.870. The average Bonchev–Trinajstić information content (AvgIpc) is 2.52. The smallest absolute Gasteiger partial charge is 0.0534 e. The largest absolute Gasteiger partial charge is 0.396 e. The third-order valence-corrected chi connectivity index (χ3v) is 1.73. The Balaban J connectivity index is 2.52. The highest BCUT2D eigenvalue weighted by atomic mass is 16.3. The van der Waals surface area contributed by atoms with Crippen molar-refractivity contribution in [2.75, 3.05) is 6.61 Å². The van der Waals surface area contributed by atoms with E-state index in [4.69, 9.17) is 10.8 Å². The van der Waals surface area contributed by atoms with Crippen molar-refractivity contribution >= 4 is 0 Å². The summed E-state index contributed by atoms with van der Waals surface area (Å²) in [5.41, 5.74) is 6.45. The first-order chi connectivity index (χ1) is 5.76. The van der Waals surface area contributed by atoms with Gasteiger partial charge in [-0.3, -0.25) is 4.68 Å². The van der Waals surface area contributed by atoms with E-state index < -0.39 is 0 Å². The number of hydrogen-bond donors (Lipinski definition) is 2. The lowest BCUT2D eigenvalue weighted by Gasteiger charge is -2.06. The molecular formula is C8H15N3O. The number of aromatic nitrogens is 2. The number of nitrogens with two attached hydrogens (primary N) is 1. The van der Waals surface area contributed by atoms with Crippen LogP contribution in [0.15, 0.2) is 12.4 Å². The highest BCUT2D eigenvalue weighted by molar-refractivity contribution is 5.02. The summed E-state index contributed by atoms with van der Waals surface area (Å²) in [4.78, 5) is 0. The summed E-state index contributed by atoms with van der Waals surface area (Å²) in [6, 6.07) is 0. The van der Waals surface area contributed by atoms with Crippen LogP contribution in [0, 0.1) is 5.92 Å². The van der Waals surface area contributed by atoms with Crippen molar-refractivity contribution in [3.05, 3.63) is 18.0 Å². The highest BCUT2D eigenvalue weighted by Gasteiger charge is 2.02. The normalized spacial score (nSPS) is 13.2.